The molecule has 12 aromatic carbocycles. The Morgan fingerprint density at radius 2 is 0.739 bits per heavy atom. The fourth-order valence-corrected chi connectivity index (χ4v) is 12.6. The van der Waals surface area contributed by atoms with Crippen molar-refractivity contribution >= 4 is 71.2 Å². The number of rotatable bonds is 5. The van der Waals surface area contributed by atoms with E-state index in [9.17, 15) is 0 Å². The lowest BCUT2D eigenvalue weighted by Gasteiger charge is -2.36. The molecule has 0 saturated heterocycles. The zero-order valence-electron chi connectivity index (χ0n) is 37.6. The Morgan fingerprint density at radius 1 is 0.290 bits per heavy atom. The molecule has 15 rings (SSSR count). The van der Waals surface area contributed by atoms with E-state index in [1.165, 1.54) is 110 Å². The molecule has 0 saturated carbocycles. The second kappa shape index (κ2) is 14.5. The summed E-state index contributed by atoms with van der Waals surface area (Å²) < 4.78 is 2.40. The molecule has 2 aliphatic rings. The van der Waals surface area contributed by atoms with Gasteiger partial charge in [0.05, 0.1) is 22.1 Å². The smallest absolute Gasteiger partial charge is 0.0746 e. The minimum atomic E-state index is -0.527. The van der Waals surface area contributed by atoms with Gasteiger partial charge in [-0.1, -0.05) is 200 Å². The molecule has 0 atom stereocenters. The number of hydrogen-bond acceptors (Lipinski definition) is 1. The van der Waals surface area contributed by atoms with Crippen LogP contribution in [0, 0.1) is 0 Å². The van der Waals surface area contributed by atoms with Crippen molar-refractivity contribution in [1.82, 2.24) is 4.57 Å². The normalized spacial score (nSPS) is 13.0. The highest BCUT2D eigenvalue weighted by Crippen LogP contribution is 2.65. The SMILES string of the molecule is c1cc(-c2ccc(N(c3ccc4c5ccccc5c5ccccc5c4c3)c3cccc4c3C3(c5ccccc5-c5ccccc53)c3ccccc3-4)cc2)cc(-n2c3ccccc3c3ccccc32)c1. The second-order valence-electron chi connectivity index (χ2n) is 18.7. The molecule has 0 bridgehead atoms. The van der Waals surface area contributed by atoms with Crippen molar-refractivity contribution in [3.05, 3.63) is 277 Å². The van der Waals surface area contributed by atoms with Crippen LogP contribution in [0.4, 0.5) is 17.1 Å². The molecule has 1 spiro atoms. The average Bonchev–Trinajstić information content (AvgIpc) is 4.04. The highest BCUT2D eigenvalue weighted by Gasteiger charge is 2.53. The van der Waals surface area contributed by atoms with Gasteiger partial charge in [-0.25, -0.2) is 0 Å². The number of hydrogen-bond donors (Lipinski definition) is 0. The van der Waals surface area contributed by atoms with Gasteiger partial charge in [0.15, 0.2) is 0 Å². The van der Waals surface area contributed by atoms with Crippen LogP contribution in [0.15, 0.2) is 255 Å². The Morgan fingerprint density at radius 3 is 1.33 bits per heavy atom. The first-order chi connectivity index (χ1) is 34.3. The van der Waals surface area contributed by atoms with E-state index in [1.807, 2.05) is 0 Å². The topological polar surface area (TPSA) is 8.17 Å². The largest absolute Gasteiger partial charge is 0.310 e. The minimum Gasteiger partial charge on any atom is -0.310 e. The van der Waals surface area contributed by atoms with Crippen LogP contribution in [-0.4, -0.2) is 4.57 Å². The third-order valence-electron chi connectivity index (χ3n) is 15.4. The zero-order valence-corrected chi connectivity index (χ0v) is 37.6. The molecule has 0 unspecified atom stereocenters. The fourth-order valence-electron chi connectivity index (χ4n) is 12.6. The van der Waals surface area contributed by atoms with Crippen LogP contribution in [0.1, 0.15) is 22.3 Å². The van der Waals surface area contributed by atoms with E-state index in [1.54, 1.807) is 0 Å². The van der Waals surface area contributed by atoms with Crippen molar-refractivity contribution in [2.24, 2.45) is 0 Å². The first-order valence-corrected chi connectivity index (χ1v) is 24.0. The summed E-state index contributed by atoms with van der Waals surface area (Å²) in [7, 11) is 0. The van der Waals surface area contributed by atoms with Gasteiger partial charge in [-0.15, -0.1) is 0 Å². The van der Waals surface area contributed by atoms with E-state index >= 15 is 0 Å². The van der Waals surface area contributed by atoms with Crippen molar-refractivity contribution in [2.45, 2.75) is 5.41 Å². The summed E-state index contributed by atoms with van der Waals surface area (Å²) in [5, 5.41) is 10.1. The van der Waals surface area contributed by atoms with Crippen molar-refractivity contribution in [2.75, 3.05) is 4.90 Å². The van der Waals surface area contributed by atoms with Gasteiger partial charge in [0, 0.05) is 33.4 Å². The molecular weight excluding hydrogens is 833 g/mol. The van der Waals surface area contributed by atoms with Gasteiger partial charge >= 0.3 is 0 Å². The van der Waals surface area contributed by atoms with Gasteiger partial charge < -0.3 is 9.47 Å². The van der Waals surface area contributed by atoms with Crippen LogP contribution in [0.25, 0.3) is 93.2 Å². The molecule has 1 heterocycles. The van der Waals surface area contributed by atoms with E-state index in [0.29, 0.717) is 0 Å². The van der Waals surface area contributed by atoms with E-state index < -0.39 is 5.41 Å². The maximum atomic E-state index is 2.54. The quantitative estimate of drug-likeness (QED) is 0.156. The summed E-state index contributed by atoms with van der Waals surface area (Å²) in [5.41, 5.74) is 19.2. The zero-order chi connectivity index (χ0) is 45.2. The Labute approximate surface area is 400 Å². The van der Waals surface area contributed by atoms with Crippen LogP contribution < -0.4 is 4.90 Å². The third-order valence-corrected chi connectivity index (χ3v) is 15.4. The number of aromatic nitrogens is 1. The summed E-state index contributed by atoms with van der Waals surface area (Å²) in [6.07, 6.45) is 0. The molecule has 0 amide bonds. The van der Waals surface area contributed by atoms with Gasteiger partial charge in [-0.3, -0.25) is 0 Å². The Bertz CT molecular complexity index is 4120. The highest BCUT2D eigenvalue weighted by molar-refractivity contribution is 6.26. The van der Waals surface area contributed by atoms with Crippen molar-refractivity contribution in [1.29, 1.82) is 0 Å². The molecule has 1 aromatic heterocycles. The number of para-hydroxylation sites is 2. The lowest BCUT2D eigenvalue weighted by Crippen LogP contribution is -2.28. The Kier molecular flexibility index (Phi) is 8.02. The number of anilines is 3. The number of fused-ring (bicyclic) bond motifs is 19. The number of benzene rings is 12. The van der Waals surface area contributed by atoms with Crippen LogP contribution in [0.2, 0.25) is 0 Å². The molecular formula is C67H42N2. The predicted octanol–water partition coefficient (Wildman–Crippen LogP) is 17.7. The van der Waals surface area contributed by atoms with Gasteiger partial charge in [-0.05, 0) is 137 Å². The molecule has 0 radical (unpaired) electrons. The minimum absolute atomic E-state index is 0.527. The van der Waals surface area contributed by atoms with Gasteiger partial charge in [0.25, 0.3) is 0 Å². The summed E-state index contributed by atoms with van der Waals surface area (Å²) in [6, 6.07) is 95.0. The molecule has 0 fully saturated rings. The van der Waals surface area contributed by atoms with Gasteiger partial charge in [-0.2, -0.15) is 0 Å². The first-order valence-electron chi connectivity index (χ1n) is 24.0. The van der Waals surface area contributed by atoms with Crippen LogP contribution in [0.5, 0.6) is 0 Å². The molecule has 2 aliphatic carbocycles. The van der Waals surface area contributed by atoms with E-state index in [4.69, 9.17) is 0 Å². The number of nitrogens with zero attached hydrogens (tertiary/aromatic N) is 2. The lowest BCUT2D eigenvalue weighted by atomic mass is 9.70. The van der Waals surface area contributed by atoms with Crippen molar-refractivity contribution in [3.63, 3.8) is 0 Å². The maximum Gasteiger partial charge on any atom is 0.0746 e. The molecule has 0 N–H and O–H groups in total. The molecule has 13 aromatic rings. The summed E-state index contributed by atoms with van der Waals surface area (Å²) in [6.45, 7) is 0. The Hall–Kier alpha value is -8.98. The molecule has 2 nitrogen and oxygen atoms in total. The highest BCUT2D eigenvalue weighted by atomic mass is 15.1. The maximum absolute atomic E-state index is 2.54. The van der Waals surface area contributed by atoms with Crippen LogP contribution in [0.3, 0.4) is 0 Å². The van der Waals surface area contributed by atoms with E-state index in [2.05, 4.69) is 264 Å². The van der Waals surface area contributed by atoms with Gasteiger partial charge in [0.1, 0.15) is 0 Å². The summed E-state index contributed by atoms with van der Waals surface area (Å²) in [4.78, 5) is 2.54. The molecule has 320 valence electrons. The fraction of sp³-hybridized carbons (Fsp3) is 0.0149. The van der Waals surface area contributed by atoms with Crippen molar-refractivity contribution < 1.29 is 0 Å². The van der Waals surface area contributed by atoms with Crippen molar-refractivity contribution in [3.8, 4) is 39.1 Å². The van der Waals surface area contributed by atoms with Gasteiger partial charge in [0.2, 0.25) is 0 Å². The van der Waals surface area contributed by atoms with E-state index in [0.717, 1.165) is 22.6 Å². The van der Waals surface area contributed by atoms with Crippen LogP contribution in [-0.2, 0) is 5.41 Å². The summed E-state index contributed by atoms with van der Waals surface area (Å²) in [5.74, 6) is 0. The first kappa shape index (κ1) is 38.2. The standard InChI is InChI=1S/C67H42N2/c1-2-21-50-48(19-1)49-20-3-4-22-51(49)59-42-47(39-40-52(50)59)68(45-37-35-43(36-38-45)44-17-15-18-46(41-44)69-63-32-13-8-26-56(63)57-27-9-14-33-64(57)69)65-34-16-28-58-55-25-7-12-31-62(55)67(66(58)65)60-29-10-5-23-53(60)54-24-6-11-30-61(54)67/h1-42H. The Balaban J connectivity index is 0.969. The van der Waals surface area contributed by atoms with Crippen LogP contribution >= 0.6 is 0 Å². The average molecular weight is 875 g/mol. The molecule has 2 heteroatoms. The third kappa shape index (κ3) is 5.26. The summed E-state index contributed by atoms with van der Waals surface area (Å²) >= 11 is 0. The monoisotopic (exact) mass is 874 g/mol. The predicted molar refractivity (Wildman–Crippen MR) is 290 cm³/mol. The molecule has 69 heavy (non-hydrogen) atoms. The molecule has 0 aliphatic heterocycles. The second-order valence-corrected chi connectivity index (χ2v) is 18.7. The van der Waals surface area contributed by atoms with E-state index in [-0.39, 0.29) is 0 Å². The lowest BCUT2D eigenvalue weighted by molar-refractivity contribution is 0.793.